The number of hydrogen-bond acceptors (Lipinski definition) is 29. The summed E-state index contributed by atoms with van der Waals surface area (Å²) < 4.78 is 54.1. The molecule has 0 unspecified atom stereocenters. The maximum absolute atomic E-state index is 12.7. The molecular formula is C92H146N12O35. The van der Waals surface area contributed by atoms with Crippen molar-refractivity contribution in [3.8, 4) is 11.5 Å². The summed E-state index contributed by atoms with van der Waals surface area (Å²) in [5.74, 6) is -13.4. The van der Waals surface area contributed by atoms with Crippen molar-refractivity contribution in [2.75, 3.05) is 158 Å². The van der Waals surface area contributed by atoms with Crippen LogP contribution in [-0.2, 0) is 115 Å². The van der Waals surface area contributed by atoms with E-state index in [0.29, 0.717) is 63.2 Å². The third-order valence-electron chi connectivity index (χ3n) is 20.7. The smallest absolute Gasteiger partial charge is 0.335 e. The molecule has 47 nitrogen and oxygen atoms in total. The first kappa shape index (κ1) is 123. The molecule has 0 radical (unpaired) electrons. The zero-order valence-corrected chi connectivity index (χ0v) is 79.3. The lowest BCUT2D eigenvalue weighted by molar-refractivity contribution is -0.143. The summed E-state index contributed by atoms with van der Waals surface area (Å²) in [5.41, 5.74) is 6.41. The van der Waals surface area contributed by atoms with Gasteiger partial charge in [-0.05, 0) is 138 Å². The number of benzene rings is 2. The van der Waals surface area contributed by atoms with Gasteiger partial charge in [0.2, 0.25) is 65.0 Å². The van der Waals surface area contributed by atoms with Crippen LogP contribution >= 0.6 is 0 Å². The van der Waals surface area contributed by atoms with Crippen LogP contribution < -0.4 is 73.7 Å². The van der Waals surface area contributed by atoms with Crippen molar-refractivity contribution in [1.82, 2.24) is 58.5 Å². The summed E-state index contributed by atoms with van der Waals surface area (Å²) in [4.78, 5) is 218. The Balaban J connectivity index is 1.37. The fraction of sp³-hybridized carbons (Fsp3) is 0.674. The van der Waals surface area contributed by atoms with Gasteiger partial charge in [0.25, 0.3) is 0 Å². The lowest BCUT2D eigenvalue weighted by atomic mass is 10.1. The van der Waals surface area contributed by atoms with Gasteiger partial charge in [-0.3, -0.25) is 52.7 Å². The Bertz CT molecular complexity index is 3950. The van der Waals surface area contributed by atoms with Crippen LogP contribution in [0.15, 0.2) is 48.5 Å². The van der Waals surface area contributed by atoms with Crippen molar-refractivity contribution in [3.63, 3.8) is 0 Å². The molecule has 0 aromatic heterocycles. The normalized spacial score (nSPS) is 12.3. The number of aromatic carboxylic acids is 2. The van der Waals surface area contributed by atoms with E-state index in [-0.39, 0.29) is 220 Å². The molecule has 2 rings (SSSR count). The van der Waals surface area contributed by atoms with Crippen LogP contribution in [0.4, 0.5) is 0 Å². The first-order valence-electron chi connectivity index (χ1n) is 47.4. The van der Waals surface area contributed by atoms with Gasteiger partial charge in [0.05, 0.1) is 110 Å². The summed E-state index contributed by atoms with van der Waals surface area (Å²) in [5, 5.41) is 93.9. The second-order valence-electron chi connectivity index (χ2n) is 32.3. The van der Waals surface area contributed by atoms with Crippen molar-refractivity contribution in [3.05, 3.63) is 59.7 Å². The zero-order valence-electron chi connectivity index (χ0n) is 79.3. The van der Waals surface area contributed by atoms with Gasteiger partial charge in [0.15, 0.2) is 0 Å². The molecule has 0 aliphatic rings. The van der Waals surface area contributed by atoms with Gasteiger partial charge in [-0.15, -0.1) is 0 Å². The van der Waals surface area contributed by atoms with Crippen LogP contribution in [0.1, 0.15) is 226 Å². The second-order valence-corrected chi connectivity index (χ2v) is 32.3. The van der Waals surface area contributed by atoms with E-state index in [0.717, 1.165) is 89.9 Å². The van der Waals surface area contributed by atoms with E-state index in [1.54, 1.807) is 24.3 Å². The van der Waals surface area contributed by atoms with Crippen LogP contribution in [0.2, 0.25) is 0 Å². The molecule has 20 N–H and O–H groups in total. The molecule has 11 amide bonds. The minimum Gasteiger partial charge on any atom is -0.494 e. The van der Waals surface area contributed by atoms with E-state index in [1.165, 1.54) is 24.3 Å². The molecule has 0 saturated carbocycles. The van der Waals surface area contributed by atoms with Crippen molar-refractivity contribution < 1.29 is 169 Å². The van der Waals surface area contributed by atoms with Crippen molar-refractivity contribution in [1.29, 1.82) is 0 Å². The number of carbonyl (C=O) groups excluding carboxylic acids is 11. The highest BCUT2D eigenvalue weighted by Gasteiger charge is 2.29. The van der Waals surface area contributed by atoms with E-state index < -0.39 is 156 Å². The molecule has 0 spiro atoms. The average molecular weight is 1980 g/mol. The van der Waals surface area contributed by atoms with E-state index in [1.807, 2.05) is 0 Å². The summed E-state index contributed by atoms with van der Waals surface area (Å²) in [6, 6.07) is 4.59. The van der Waals surface area contributed by atoms with Crippen LogP contribution in [0.5, 0.6) is 11.5 Å². The SMILES string of the molecule is N[C@@H](CCCCNC(=O)COCCOCCNC(=O)COCCOCCNC(=O)CC[C@H](NC(=O)CC[C@H](NC(=O)CCCCCCCCCCOc1ccc(C(=O)O)cc1)C(=O)O)C(=O)O)C(=O)N[C@@H](CCCCNC(=O)COCCOCCNC(=O)COCCOCCNC(=O)CC[C@H](NC(=O)CC[C@H](NC(=O)CCCCCCCCCCOc1ccc(C(=O)O)cc1)C(=O)O)C(=O)O)C(=O)O. The van der Waals surface area contributed by atoms with Gasteiger partial charge in [-0.1, -0.05) is 77.0 Å². The lowest BCUT2D eigenvalue weighted by Gasteiger charge is -2.18. The van der Waals surface area contributed by atoms with Gasteiger partial charge >= 0.3 is 41.8 Å². The van der Waals surface area contributed by atoms with E-state index >= 15 is 0 Å². The Labute approximate surface area is 808 Å². The topological polar surface area (TPSA) is 700 Å². The lowest BCUT2D eigenvalue weighted by Crippen LogP contribution is -2.48. The van der Waals surface area contributed by atoms with E-state index in [2.05, 4.69) is 58.5 Å². The molecule has 0 aliphatic heterocycles. The molecule has 139 heavy (non-hydrogen) atoms. The molecule has 0 fully saturated rings. The number of carboxylic acids is 7. The molecule has 784 valence electrons. The average Bonchev–Trinajstić information content (AvgIpc) is 0.930. The summed E-state index contributed by atoms with van der Waals surface area (Å²) in [7, 11) is 0. The minimum absolute atomic E-state index is 0.0493. The van der Waals surface area contributed by atoms with Crippen LogP contribution in [0.25, 0.3) is 0 Å². The van der Waals surface area contributed by atoms with E-state index in [9.17, 15) is 112 Å². The molecule has 0 aliphatic carbocycles. The second kappa shape index (κ2) is 80.0. The zero-order chi connectivity index (χ0) is 102. The minimum atomic E-state index is -1.44. The number of nitrogens with two attached hydrogens (primary N) is 1. The Kier molecular flexibility index (Phi) is 70.9. The monoisotopic (exact) mass is 1980 g/mol. The first-order chi connectivity index (χ1) is 66.8. The Hall–Kier alpha value is -11.9. The number of carboxylic acid groups (broad SMARTS) is 7. The Morgan fingerprint density at radius 2 is 0.475 bits per heavy atom. The van der Waals surface area contributed by atoms with Gasteiger partial charge in [-0.25, -0.2) is 33.6 Å². The molecule has 2 aromatic carbocycles. The number of hydrogen-bond donors (Lipinski definition) is 19. The fourth-order valence-electron chi connectivity index (χ4n) is 12.9. The highest BCUT2D eigenvalue weighted by atomic mass is 16.5. The number of carbonyl (C=O) groups is 18. The third kappa shape index (κ3) is 68.8. The molecule has 0 bridgehead atoms. The molecule has 0 heterocycles. The van der Waals surface area contributed by atoms with Gasteiger partial charge in [0, 0.05) is 77.8 Å². The number of ether oxygens (including phenoxy) is 10. The largest absolute Gasteiger partial charge is 0.494 e. The quantitative estimate of drug-likeness (QED) is 0.0421. The predicted molar refractivity (Wildman–Crippen MR) is 496 cm³/mol. The molecule has 47 heteroatoms. The van der Waals surface area contributed by atoms with Crippen molar-refractivity contribution in [2.24, 2.45) is 5.73 Å². The fourth-order valence-corrected chi connectivity index (χ4v) is 12.9. The molecule has 0 saturated heterocycles. The summed E-state index contributed by atoms with van der Waals surface area (Å²) in [6.07, 6.45) is 13.7. The Morgan fingerprint density at radius 1 is 0.230 bits per heavy atom. The predicted octanol–water partition coefficient (Wildman–Crippen LogP) is 2.03. The standard InChI is InChI=1S/C92H146N12O35/c93-69(21-15-17-41-94-81(111)61-134-57-55-132-51-45-98-83(113)63-136-59-53-130-49-43-96-75(105)37-33-71(89(122)123)102-79(109)39-35-73(91(126)127)100-77(107)23-13-9-5-1-3-7-11-19-47-138-67-29-25-65(26-30-67)86(116)117)85(115)104-70(88(120)121)22-16-18-42-95-82(112)62-135-58-56-133-52-46-99-84(114)64-137-60-54-131-50-44-97-76(106)38-34-72(90(124)125)103-80(110)40-36-74(92(128)129)101-78(108)24-14-10-6-2-4-8-12-20-48-139-68-31-27-66(28-32-68)87(118)119/h25-32,69-74H,1-24,33-64,93H2,(H,94,111)(H,95,112)(H,96,105)(H,97,106)(H,98,113)(H,99,114)(H,100,107)(H,101,108)(H,102,109)(H,103,110)(H,104,115)(H,116,117)(H,118,119)(H,120,121)(H,122,123)(H,124,125)(H,126,127)(H,128,129)/t69-,70-,71-,72-,73-,74-/m0/s1. The maximum atomic E-state index is 12.7. The number of nitrogens with one attached hydrogen (secondary N) is 11. The van der Waals surface area contributed by atoms with Crippen LogP contribution in [0, 0.1) is 0 Å². The number of rotatable bonds is 91. The highest BCUT2D eigenvalue weighted by molar-refractivity contribution is 5.91. The van der Waals surface area contributed by atoms with E-state index in [4.69, 9.17) is 63.3 Å². The summed E-state index contributed by atoms with van der Waals surface area (Å²) >= 11 is 0. The molecular weight excluding hydrogens is 1830 g/mol. The first-order valence-corrected chi connectivity index (χ1v) is 47.4. The highest BCUT2D eigenvalue weighted by Crippen LogP contribution is 2.18. The van der Waals surface area contributed by atoms with Gasteiger partial charge in [0.1, 0.15) is 68.1 Å². The van der Waals surface area contributed by atoms with Crippen LogP contribution in [0.3, 0.4) is 0 Å². The van der Waals surface area contributed by atoms with Gasteiger partial charge < -0.3 is 147 Å². The molecule has 2 aromatic rings. The molecule has 6 atom stereocenters. The Morgan fingerprint density at radius 3 is 0.770 bits per heavy atom. The number of aliphatic carboxylic acids is 5. The third-order valence-corrected chi connectivity index (χ3v) is 20.7. The number of unbranched alkanes of at least 4 members (excludes halogenated alkanes) is 16. The van der Waals surface area contributed by atoms with Crippen molar-refractivity contribution in [2.45, 2.75) is 242 Å². The van der Waals surface area contributed by atoms with Gasteiger partial charge in [-0.2, -0.15) is 0 Å². The van der Waals surface area contributed by atoms with Crippen LogP contribution in [-0.4, -0.2) is 337 Å². The maximum Gasteiger partial charge on any atom is 0.335 e. The summed E-state index contributed by atoms with van der Waals surface area (Å²) in [6.45, 7) is 1.99. The van der Waals surface area contributed by atoms with Crippen molar-refractivity contribution >= 4 is 107 Å². The number of amides is 11.